The van der Waals surface area contributed by atoms with E-state index in [2.05, 4.69) is 20.8 Å². The topological polar surface area (TPSA) is 101 Å². The van der Waals surface area contributed by atoms with Crippen molar-refractivity contribution < 1.29 is 14.3 Å². The minimum Gasteiger partial charge on any atom is -0.492 e. The van der Waals surface area contributed by atoms with E-state index < -0.39 is 0 Å². The Bertz CT molecular complexity index is 713. The number of hydrogen-bond acceptors (Lipinski definition) is 5. The zero-order chi connectivity index (χ0) is 17.5. The highest BCUT2D eigenvalue weighted by Crippen LogP contribution is 2.23. The number of nitrogens with one attached hydrogen (secondary N) is 2. The monoisotopic (exact) mass is 332 g/mol. The van der Waals surface area contributed by atoms with Gasteiger partial charge in [-0.15, -0.1) is 5.10 Å². The number of urea groups is 1. The molecule has 9 nitrogen and oxygen atoms in total. The lowest BCUT2D eigenvalue weighted by atomic mass is 10.3. The van der Waals surface area contributed by atoms with Gasteiger partial charge in [-0.2, -0.15) is 9.90 Å². The number of benzene rings is 1. The summed E-state index contributed by atoms with van der Waals surface area (Å²) in [6.45, 7) is 2.29. The van der Waals surface area contributed by atoms with Crippen molar-refractivity contribution in [3.05, 3.63) is 30.5 Å². The van der Waals surface area contributed by atoms with Crippen LogP contribution in [-0.4, -0.2) is 52.5 Å². The van der Waals surface area contributed by atoms with Gasteiger partial charge in [-0.05, 0) is 19.1 Å². The highest BCUT2D eigenvalue weighted by Gasteiger charge is 2.11. The summed E-state index contributed by atoms with van der Waals surface area (Å²) in [5.74, 6) is 0.570. The highest BCUT2D eigenvalue weighted by molar-refractivity contribution is 5.92. The molecule has 128 valence electrons. The molecule has 1 aromatic heterocycles. The van der Waals surface area contributed by atoms with Gasteiger partial charge in [-0.1, -0.05) is 12.1 Å². The van der Waals surface area contributed by atoms with Crippen molar-refractivity contribution in [1.82, 2.24) is 19.9 Å². The van der Waals surface area contributed by atoms with E-state index >= 15 is 0 Å². The van der Waals surface area contributed by atoms with Crippen LogP contribution in [0.25, 0.3) is 0 Å². The predicted octanol–water partition coefficient (Wildman–Crippen LogP) is 1.41. The Kier molecular flexibility index (Phi) is 5.72. The molecule has 0 saturated heterocycles. The second-order valence-electron chi connectivity index (χ2n) is 5.06. The lowest BCUT2D eigenvalue weighted by molar-refractivity contribution is -0.117. The Labute approximate surface area is 139 Å². The van der Waals surface area contributed by atoms with Gasteiger partial charge in [0.1, 0.15) is 12.3 Å². The first kappa shape index (κ1) is 17.3. The number of para-hydroxylation sites is 2. The molecular formula is C15H20N6O3. The molecule has 0 fully saturated rings. The van der Waals surface area contributed by atoms with E-state index in [-0.39, 0.29) is 24.3 Å². The van der Waals surface area contributed by atoms with Gasteiger partial charge in [0.2, 0.25) is 5.91 Å². The molecule has 2 rings (SSSR count). The third kappa shape index (κ3) is 4.70. The molecule has 0 atom stereocenters. The van der Waals surface area contributed by atoms with Gasteiger partial charge in [-0.3, -0.25) is 10.1 Å². The zero-order valence-corrected chi connectivity index (χ0v) is 13.8. The summed E-state index contributed by atoms with van der Waals surface area (Å²) >= 11 is 0. The molecule has 0 bridgehead atoms. The van der Waals surface area contributed by atoms with Crippen molar-refractivity contribution in [2.45, 2.75) is 13.5 Å². The number of hydrogen-bond donors (Lipinski definition) is 2. The molecule has 0 radical (unpaired) electrons. The Hall–Kier alpha value is -3.10. The maximum absolute atomic E-state index is 12.1. The molecule has 2 N–H and O–H groups in total. The summed E-state index contributed by atoms with van der Waals surface area (Å²) in [7, 11) is 3.23. The first-order chi connectivity index (χ1) is 11.5. The van der Waals surface area contributed by atoms with Crippen LogP contribution in [0.2, 0.25) is 0 Å². The summed E-state index contributed by atoms with van der Waals surface area (Å²) in [5.41, 5.74) is 0.581. The summed E-state index contributed by atoms with van der Waals surface area (Å²) in [6.07, 6.45) is 1.38. The highest BCUT2D eigenvalue weighted by atomic mass is 16.5. The lowest BCUT2D eigenvalue weighted by Crippen LogP contribution is -2.27. The second-order valence-corrected chi connectivity index (χ2v) is 5.06. The Morgan fingerprint density at radius 1 is 1.25 bits per heavy atom. The van der Waals surface area contributed by atoms with Crippen LogP contribution in [0.1, 0.15) is 6.92 Å². The minimum absolute atomic E-state index is 0.0850. The quantitative estimate of drug-likeness (QED) is 0.833. The molecule has 3 amide bonds. The van der Waals surface area contributed by atoms with Crippen LogP contribution in [0.3, 0.4) is 0 Å². The third-order valence-corrected chi connectivity index (χ3v) is 2.92. The second kappa shape index (κ2) is 7.95. The number of carbonyl (C=O) groups excluding carboxylic acids is 2. The average molecular weight is 332 g/mol. The van der Waals surface area contributed by atoms with Crippen LogP contribution >= 0.6 is 0 Å². The van der Waals surface area contributed by atoms with E-state index in [1.165, 1.54) is 15.9 Å². The van der Waals surface area contributed by atoms with Gasteiger partial charge in [0.15, 0.2) is 5.82 Å². The molecule has 0 aliphatic heterocycles. The van der Waals surface area contributed by atoms with Crippen LogP contribution in [0, 0.1) is 0 Å². The molecule has 24 heavy (non-hydrogen) atoms. The molecule has 0 unspecified atom stereocenters. The van der Waals surface area contributed by atoms with Gasteiger partial charge in [-0.25, -0.2) is 4.79 Å². The number of ether oxygens (including phenoxy) is 1. The molecule has 0 saturated carbocycles. The first-order valence-electron chi connectivity index (χ1n) is 7.39. The maximum atomic E-state index is 12.1. The fourth-order valence-electron chi connectivity index (χ4n) is 1.82. The summed E-state index contributed by atoms with van der Waals surface area (Å²) in [5, 5.41) is 13.3. The molecule has 9 heteroatoms. The fourth-order valence-corrected chi connectivity index (χ4v) is 1.82. The Morgan fingerprint density at radius 2 is 2.00 bits per heavy atom. The minimum atomic E-state index is -0.322. The number of amides is 3. The van der Waals surface area contributed by atoms with E-state index in [4.69, 9.17) is 4.74 Å². The fraction of sp³-hybridized carbons (Fsp3) is 0.333. The molecule has 0 aliphatic rings. The molecule has 0 aliphatic carbocycles. The van der Waals surface area contributed by atoms with Crippen molar-refractivity contribution in [3.63, 3.8) is 0 Å². The Balaban J connectivity index is 1.96. The van der Waals surface area contributed by atoms with Crippen molar-refractivity contribution in [2.24, 2.45) is 0 Å². The van der Waals surface area contributed by atoms with Crippen molar-refractivity contribution in [3.8, 4) is 5.75 Å². The van der Waals surface area contributed by atoms with E-state index in [0.717, 1.165) is 0 Å². The number of aromatic nitrogens is 3. The van der Waals surface area contributed by atoms with Crippen molar-refractivity contribution in [1.29, 1.82) is 0 Å². The van der Waals surface area contributed by atoms with Crippen LogP contribution in [0.15, 0.2) is 30.5 Å². The van der Waals surface area contributed by atoms with Crippen LogP contribution in [0.4, 0.5) is 16.3 Å². The van der Waals surface area contributed by atoms with E-state index in [9.17, 15) is 9.59 Å². The van der Waals surface area contributed by atoms with Crippen molar-refractivity contribution in [2.75, 3.05) is 31.3 Å². The van der Waals surface area contributed by atoms with Crippen molar-refractivity contribution >= 4 is 23.4 Å². The largest absolute Gasteiger partial charge is 0.492 e. The smallest absolute Gasteiger partial charge is 0.322 e. The third-order valence-electron chi connectivity index (χ3n) is 2.92. The summed E-state index contributed by atoms with van der Waals surface area (Å²) in [4.78, 5) is 26.2. The maximum Gasteiger partial charge on any atom is 0.322 e. The first-order valence-corrected chi connectivity index (χ1v) is 7.39. The number of rotatable bonds is 6. The van der Waals surface area contributed by atoms with Gasteiger partial charge in [0.25, 0.3) is 0 Å². The van der Waals surface area contributed by atoms with E-state index in [1.807, 2.05) is 13.0 Å². The molecular weight excluding hydrogens is 312 g/mol. The SMILES string of the molecule is CCOc1ccccc1NC(=O)Cn1ncc(NC(=O)N(C)C)n1. The van der Waals surface area contributed by atoms with Gasteiger partial charge in [0.05, 0.1) is 18.5 Å². The van der Waals surface area contributed by atoms with Crippen LogP contribution in [-0.2, 0) is 11.3 Å². The normalized spacial score (nSPS) is 10.1. The van der Waals surface area contributed by atoms with E-state index in [1.54, 1.807) is 32.3 Å². The van der Waals surface area contributed by atoms with E-state index in [0.29, 0.717) is 18.0 Å². The molecule has 1 heterocycles. The van der Waals surface area contributed by atoms with Gasteiger partial charge < -0.3 is 15.0 Å². The van der Waals surface area contributed by atoms with Crippen LogP contribution in [0.5, 0.6) is 5.75 Å². The van der Waals surface area contributed by atoms with Gasteiger partial charge >= 0.3 is 6.03 Å². The average Bonchev–Trinajstić information content (AvgIpc) is 2.96. The lowest BCUT2D eigenvalue weighted by Gasteiger charge is -2.11. The van der Waals surface area contributed by atoms with Gasteiger partial charge in [0, 0.05) is 14.1 Å². The molecule has 2 aromatic rings. The summed E-state index contributed by atoms with van der Waals surface area (Å²) < 4.78 is 5.45. The molecule has 1 aromatic carbocycles. The summed E-state index contributed by atoms with van der Waals surface area (Å²) in [6, 6.07) is 6.84. The Morgan fingerprint density at radius 3 is 2.71 bits per heavy atom. The zero-order valence-electron chi connectivity index (χ0n) is 13.8. The standard InChI is InChI=1S/C15H20N6O3/c1-4-24-12-8-6-5-7-11(12)17-14(22)10-21-16-9-13(19-21)18-15(23)20(2)3/h5-9H,4,10H2,1-3H3,(H,17,22)(H,18,19,23). The predicted molar refractivity (Wildman–Crippen MR) is 89.0 cm³/mol. The number of nitrogens with zero attached hydrogens (tertiary/aromatic N) is 4. The van der Waals surface area contributed by atoms with Crippen LogP contribution < -0.4 is 15.4 Å². The molecule has 0 spiro atoms. The number of carbonyl (C=O) groups is 2. The number of anilines is 2.